The van der Waals surface area contributed by atoms with Gasteiger partial charge < -0.3 is 10.1 Å². The molecule has 2 nitrogen and oxygen atoms in total. The summed E-state index contributed by atoms with van der Waals surface area (Å²) in [5, 5.41) is 3.36. The molecule has 20 heavy (non-hydrogen) atoms. The van der Waals surface area contributed by atoms with Crippen LogP contribution in [0.5, 0.6) is 0 Å². The van der Waals surface area contributed by atoms with Gasteiger partial charge in [0.2, 0.25) is 0 Å². The third-order valence-corrected chi connectivity index (χ3v) is 4.47. The molecule has 0 spiro atoms. The third-order valence-electron chi connectivity index (χ3n) is 4.47. The lowest BCUT2D eigenvalue weighted by molar-refractivity contribution is -0.116. The van der Waals surface area contributed by atoms with E-state index >= 15 is 0 Å². The Labute approximate surface area is 122 Å². The zero-order chi connectivity index (χ0) is 15.4. The number of ether oxygens (including phenoxy) is 1. The molecule has 0 heterocycles. The van der Waals surface area contributed by atoms with Gasteiger partial charge in [-0.05, 0) is 37.0 Å². The molecule has 1 aliphatic rings. The number of rotatable bonds is 6. The molecule has 0 aliphatic heterocycles. The van der Waals surface area contributed by atoms with Crippen LogP contribution in [0.25, 0.3) is 0 Å². The van der Waals surface area contributed by atoms with Crippen molar-refractivity contribution >= 4 is 0 Å². The fourth-order valence-corrected chi connectivity index (χ4v) is 3.01. The summed E-state index contributed by atoms with van der Waals surface area (Å²) in [7, 11) is 0. The maximum Gasteiger partial charge on any atom is 0.261 e. The number of alkyl halides is 2. The Morgan fingerprint density at radius 1 is 1.20 bits per heavy atom. The van der Waals surface area contributed by atoms with Gasteiger partial charge in [-0.25, -0.2) is 8.78 Å². The number of nitrogens with one attached hydrogen (secondary N) is 1. The minimum Gasteiger partial charge on any atom is -0.368 e. The fraction of sp³-hybridized carbons (Fsp3) is 1.00. The molecular weight excluding hydrogens is 260 g/mol. The van der Waals surface area contributed by atoms with Crippen LogP contribution < -0.4 is 5.32 Å². The van der Waals surface area contributed by atoms with Gasteiger partial charge in [-0.1, -0.05) is 34.6 Å². The van der Waals surface area contributed by atoms with E-state index in [9.17, 15) is 8.78 Å². The van der Waals surface area contributed by atoms with Crippen LogP contribution in [0.3, 0.4) is 0 Å². The van der Waals surface area contributed by atoms with Gasteiger partial charge in [0, 0.05) is 12.6 Å². The number of hydrogen-bond acceptors (Lipinski definition) is 2. The highest BCUT2D eigenvalue weighted by Crippen LogP contribution is 2.42. The van der Waals surface area contributed by atoms with Crippen molar-refractivity contribution in [1.29, 1.82) is 0 Å². The molecule has 4 heteroatoms. The second-order valence-electron chi connectivity index (χ2n) is 7.56. The van der Waals surface area contributed by atoms with E-state index in [1.54, 1.807) is 0 Å². The summed E-state index contributed by atoms with van der Waals surface area (Å²) < 4.78 is 30.6. The van der Waals surface area contributed by atoms with Crippen molar-refractivity contribution < 1.29 is 13.5 Å². The van der Waals surface area contributed by atoms with Crippen molar-refractivity contribution in [1.82, 2.24) is 5.32 Å². The molecule has 0 amide bonds. The predicted octanol–water partition coefficient (Wildman–Crippen LogP) is 4.24. The number of halogens is 2. The summed E-state index contributed by atoms with van der Waals surface area (Å²) in [5.41, 5.74) is -0.108. The Balaban J connectivity index is 2.61. The molecule has 0 aromatic carbocycles. The van der Waals surface area contributed by atoms with Crippen molar-refractivity contribution in [3.8, 4) is 0 Å². The molecular formula is C16H31F2NO. The first-order valence-electron chi connectivity index (χ1n) is 7.80. The molecule has 1 rings (SSSR count). The van der Waals surface area contributed by atoms with Crippen LogP contribution in [0.2, 0.25) is 0 Å². The lowest BCUT2D eigenvalue weighted by atomic mass is 9.68. The zero-order valence-electron chi connectivity index (χ0n) is 13.6. The molecule has 0 bridgehead atoms. The van der Waals surface area contributed by atoms with Crippen LogP contribution in [0.15, 0.2) is 0 Å². The van der Waals surface area contributed by atoms with Crippen LogP contribution >= 0.6 is 0 Å². The van der Waals surface area contributed by atoms with Crippen LogP contribution in [-0.2, 0) is 4.74 Å². The highest BCUT2D eigenvalue weighted by Gasteiger charge is 2.39. The quantitative estimate of drug-likeness (QED) is 0.790. The molecule has 1 fully saturated rings. The Bertz CT molecular complexity index is 265. The van der Waals surface area contributed by atoms with Gasteiger partial charge in [0.15, 0.2) is 0 Å². The van der Waals surface area contributed by atoms with Gasteiger partial charge in [0.05, 0.1) is 5.60 Å². The van der Waals surface area contributed by atoms with Crippen molar-refractivity contribution in [3.05, 3.63) is 0 Å². The second-order valence-corrected chi connectivity index (χ2v) is 7.56. The van der Waals surface area contributed by atoms with Gasteiger partial charge >= 0.3 is 0 Å². The van der Waals surface area contributed by atoms with E-state index in [1.165, 1.54) is 0 Å². The van der Waals surface area contributed by atoms with E-state index in [-0.39, 0.29) is 0 Å². The normalized spacial score (nSPS) is 28.4. The molecule has 1 N–H and O–H groups in total. The molecule has 0 aromatic rings. The minimum atomic E-state index is -2.38. The summed E-state index contributed by atoms with van der Waals surface area (Å²) in [6.45, 7) is 11.2. The molecule has 0 atom stereocenters. The highest BCUT2D eigenvalue weighted by atomic mass is 19.3. The molecule has 0 unspecified atom stereocenters. The van der Waals surface area contributed by atoms with Gasteiger partial charge in [0.1, 0.15) is 6.61 Å². The fourth-order valence-electron chi connectivity index (χ4n) is 3.01. The molecule has 1 aliphatic carbocycles. The zero-order valence-corrected chi connectivity index (χ0v) is 13.6. The van der Waals surface area contributed by atoms with E-state index in [0.29, 0.717) is 23.9 Å². The first kappa shape index (κ1) is 17.8. The van der Waals surface area contributed by atoms with E-state index in [2.05, 4.69) is 39.9 Å². The van der Waals surface area contributed by atoms with E-state index in [4.69, 9.17) is 4.74 Å². The number of hydrogen-bond donors (Lipinski definition) is 1. The average molecular weight is 291 g/mol. The van der Waals surface area contributed by atoms with Crippen molar-refractivity contribution in [2.24, 2.45) is 11.3 Å². The van der Waals surface area contributed by atoms with Crippen molar-refractivity contribution in [2.75, 3.05) is 13.2 Å². The highest BCUT2D eigenvalue weighted by molar-refractivity contribution is 4.92. The monoisotopic (exact) mass is 291 g/mol. The maximum atomic E-state index is 12.5. The molecule has 120 valence electrons. The summed E-state index contributed by atoms with van der Waals surface area (Å²) in [6.07, 6.45) is 1.49. The van der Waals surface area contributed by atoms with Gasteiger partial charge in [-0.15, -0.1) is 0 Å². The van der Waals surface area contributed by atoms with Crippen LogP contribution in [0.4, 0.5) is 8.78 Å². The summed E-state index contributed by atoms with van der Waals surface area (Å²) in [6, 6.07) is 0.349. The van der Waals surface area contributed by atoms with Crippen molar-refractivity contribution in [3.63, 3.8) is 0 Å². The van der Waals surface area contributed by atoms with Crippen LogP contribution in [0, 0.1) is 11.3 Å². The molecule has 0 saturated heterocycles. The Morgan fingerprint density at radius 3 is 2.15 bits per heavy atom. The lowest BCUT2D eigenvalue weighted by Gasteiger charge is -2.44. The smallest absolute Gasteiger partial charge is 0.261 e. The molecule has 0 radical (unpaired) electrons. The first-order chi connectivity index (χ1) is 9.15. The Morgan fingerprint density at radius 2 is 1.75 bits per heavy atom. The summed E-state index contributed by atoms with van der Waals surface area (Å²) >= 11 is 0. The van der Waals surface area contributed by atoms with Crippen LogP contribution in [-0.4, -0.2) is 31.2 Å². The summed E-state index contributed by atoms with van der Waals surface area (Å²) in [4.78, 5) is 0. The Kier molecular flexibility index (Phi) is 6.39. The van der Waals surface area contributed by atoms with E-state index < -0.39 is 18.6 Å². The second kappa shape index (κ2) is 7.17. The molecule has 1 saturated carbocycles. The van der Waals surface area contributed by atoms with Gasteiger partial charge in [-0.3, -0.25) is 0 Å². The van der Waals surface area contributed by atoms with Gasteiger partial charge in [0.25, 0.3) is 6.43 Å². The van der Waals surface area contributed by atoms with Crippen LogP contribution in [0.1, 0.15) is 60.3 Å². The van der Waals surface area contributed by atoms with Crippen molar-refractivity contribution in [2.45, 2.75) is 78.4 Å². The van der Waals surface area contributed by atoms with Gasteiger partial charge in [-0.2, -0.15) is 0 Å². The Hall–Kier alpha value is -0.220. The average Bonchev–Trinajstić information content (AvgIpc) is 2.34. The largest absolute Gasteiger partial charge is 0.368 e. The SMILES string of the molecule is CC(C)NCC1(OCC(F)F)CCC(C(C)(C)C)CC1. The maximum absolute atomic E-state index is 12.5. The topological polar surface area (TPSA) is 21.3 Å². The summed E-state index contributed by atoms with van der Waals surface area (Å²) in [5.74, 6) is 0.657. The lowest BCUT2D eigenvalue weighted by Crippen LogP contribution is -2.49. The van der Waals surface area contributed by atoms with E-state index in [0.717, 1.165) is 25.7 Å². The standard InChI is InChI=1S/C16H31F2NO/c1-12(2)19-11-16(20-10-14(17)18)8-6-13(7-9-16)15(3,4)5/h12-14,19H,6-11H2,1-5H3. The van der Waals surface area contributed by atoms with E-state index in [1.807, 2.05) is 0 Å². The minimum absolute atomic E-state index is 0.292. The predicted molar refractivity (Wildman–Crippen MR) is 79.2 cm³/mol. The third kappa shape index (κ3) is 5.65. The molecule has 0 aromatic heterocycles. The first-order valence-corrected chi connectivity index (χ1v) is 7.80.